The van der Waals surface area contributed by atoms with Gasteiger partial charge in [0.25, 0.3) is 0 Å². The topological polar surface area (TPSA) is 171 Å². The number of aliphatic hydroxyl groups excluding tert-OH is 1. The number of carboxylic acid groups (broad SMARTS) is 2. The van der Waals surface area contributed by atoms with Gasteiger partial charge in [-0.3, -0.25) is 14.5 Å². The highest BCUT2D eigenvalue weighted by Crippen LogP contribution is 2.38. The van der Waals surface area contributed by atoms with E-state index in [4.69, 9.17) is 14.9 Å². The fraction of sp³-hybridized carbons (Fsp3) is 0.440. The van der Waals surface area contributed by atoms with E-state index in [2.05, 4.69) is 10.1 Å². The van der Waals surface area contributed by atoms with Crippen molar-refractivity contribution in [3.63, 3.8) is 0 Å². The number of β-lactam (4-membered cyclic amide) rings is 1. The molecule has 1 aromatic heterocycles. The number of fused-ring (bicyclic) bond motifs is 2. The van der Waals surface area contributed by atoms with E-state index >= 15 is 0 Å². The van der Waals surface area contributed by atoms with Crippen LogP contribution < -0.4 is 15.6 Å². The first-order valence-corrected chi connectivity index (χ1v) is 12.4. The number of piperazine rings is 1. The minimum atomic E-state index is -1.49. The normalized spacial score (nSPS) is 23.0. The number of pyridine rings is 1. The van der Waals surface area contributed by atoms with E-state index in [0.29, 0.717) is 24.3 Å². The maximum Gasteiger partial charge on any atom is 0.508 e. The second kappa shape index (κ2) is 10.5. The Kier molecular flexibility index (Phi) is 7.14. The number of aromatic nitrogens is 1. The number of carbonyl (C=O) groups excluding carboxylic acids is 1. The summed E-state index contributed by atoms with van der Waals surface area (Å²) in [4.78, 5) is 48.4. The van der Waals surface area contributed by atoms with Crippen molar-refractivity contribution < 1.29 is 43.6 Å². The number of hydrogen-bond acceptors (Lipinski definition) is 9. The first kappa shape index (κ1) is 26.4. The number of carbonyl (C=O) groups is 3. The van der Waals surface area contributed by atoms with Crippen molar-refractivity contribution in [2.45, 2.75) is 37.8 Å². The standard InChI is InChI=1S/C17H18FN3O3.C8H9NO6/c18-13-7-11-14(8-15(13)20-5-3-19-4-6-20)21(10-1-2-10)9-12(16(11)22)17(23)24;10-2-1-4-7(15-8(12)13)9-5(11)3-6(9)14-4/h7-10,19H,1-6H2,(H,23,24);1,6-7,10H,2-3H2,(H,12,13)/b;4-1-/t;6-,7-/m.1/s1. The second-order valence-electron chi connectivity index (χ2n) is 9.48. The molecule has 0 spiro atoms. The summed E-state index contributed by atoms with van der Waals surface area (Å²) in [6.45, 7) is 2.66. The van der Waals surface area contributed by atoms with E-state index in [9.17, 15) is 28.7 Å². The number of aromatic carboxylic acids is 1. The summed E-state index contributed by atoms with van der Waals surface area (Å²) >= 11 is 0. The van der Waals surface area contributed by atoms with Gasteiger partial charge in [-0.25, -0.2) is 14.0 Å². The fourth-order valence-electron chi connectivity index (χ4n) is 4.90. The third kappa shape index (κ3) is 5.12. The molecule has 3 saturated heterocycles. The highest BCUT2D eigenvalue weighted by molar-refractivity contribution is 5.93. The van der Waals surface area contributed by atoms with E-state index < -0.39 is 35.8 Å². The van der Waals surface area contributed by atoms with Crippen LogP contribution in [0.2, 0.25) is 0 Å². The summed E-state index contributed by atoms with van der Waals surface area (Å²) in [6.07, 6.45) is 1.77. The summed E-state index contributed by atoms with van der Waals surface area (Å²) < 4.78 is 26.1. The number of benzene rings is 1. The molecule has 1 amide bonds. The summed E-state index contributed by atoms with van der Waals surface area (Å²) in [6, 6.07) is 3.08. The van der Waals surface area contributed by atoms with Gasteiger partial charge in [0.1, 0.15) is 11.4 Å². The molecule has 3 aliphatic heterocycles. The second-order valence-corrected chi connectivity index (χ2v) is 9.48. The van der Waals surface area contributed by atoms with Crippen molar-refractivity contribution in [2.75, 3.05) is 37.7 Å². The van der Waals surface area contributed by atoms with Gasteiger partial charge >= 0.3 is 12.1 Å². The zero-order chi connectivity index (χ0) is 27.8. The first-order chi connectivity index (χ1) is 18.7. The lowest BCUT2D eigenvalue weighted by Gasteiger charge is -2.33. The molecule has 0 unspecified atom stereocenters. The van der Waals surface area contributed by atoms with Crippen LogP contribution in [0.25, 0.3) is 10.9 Å². The quantitative estimate of drug-likeness (QED) is 0.312. The zero-order valence-corrected chi connectivity index (χ0v) is 20.7. The maximum absolute atomic E-state index is 14.6. The Balaban J connectivity index is 0.000000177. The molecule has 0 bridgehead atoms. The molecular formula is C25H27FN4O9. The number of halogens is 1. The van der Waals surface area contributed by atoms with Gasteiger partial charge in [0.05, 0.1) is 24.2 Å². The SMILES string of the molecule is O=C(O)O[C@@H]1/C(=C/CO)O[C@@H]2CC(=O)N12.O=C(O)c1cn(C2CC2)c2cc(N3CCNCC3)c(F)cc2c1=O. The fourth-order valence-corrected chi connectivity index (χ4v) is 4.90. The van der Waals surface area contributed by atoms with Crippen LogP contribution in [-0.4, -0.2) is 88.1 Å². The first-order valence-electron chi connectivity index (χ1n) is 12.4. The van der Waals surface area contributed by atoms with Gasteiger partial charge in [0.15, 0.2) is 12.0 Å². The molecule has 4 heterocycles. The van der Waals surface area contributed by atoms with Crippen LogP contribution in [-0.2, 0) is 14.3 Å². The number of rotatable bonds is 5. The molecule has 4 fully saturated rings. The Hall–Kier alpha value is -4.17. The zero-order valence-electron chi connectivity index (χ0n) is 20.7. The highest BCUT2D eigenvalue weighted by atomic mass is 19.1. The molecule has 2 atom stereocenters. The largest absolute Gasteiger partial charge is 0.508 e. The van der Waals surface area contributed by atoms with Gasteiger partial charge in [-0.05, 0) is 31.1 Å². The number of aliphatic hydroxyl groups is 1. The van der Waals surface area contributed by atoms with Crippen LogP contribution in [0.15, 0.2) is 35.0 Å². The van der Waals surface area contributed by atoms with Crippen LogP contribution in [0.3, 0.4) is 0 Å². The number of amides is 1. The molecule has 14 heteroatoms. The van der Waals surface area contributed by atoms with Gasteiger partial charge in [-0.2, -0.15) is 0 Å². The highest BCUT2D eigenvalue weighted by Gasteiger charge is 2.52. The molecule has 2 aromatic rings. The van der Waals surface area contributed by atoms with E-state index in [1.54, 1.807) is 6.07 Å². The third-order valence-electron chi connectivity index (χ3n) is 6.95. The number of ether oxygens (including phenoxy) is 2. The Morgan fingerprint density at radius 3 is 2.49 bits per heavy atom. The smallest absolute Gasteiger partial charge is 0.477 e. The van der Waals surface area contributed by atoms with Crippen molar-refractivity contribution in [2.24, 2.45) is 0 Å². The molecular weight excluding hydrogens is 519 g/mol. The Morgan fingerprint density at radius 2 is 1.90 bits per heavy atom. The minimum Gasteiger partial charge on any atom is -0.477 e. The molecule has 1 saturated carbocycles. The Morgan fingerprint density at radius 1 is 1.18 bits per heavy atom. The monoisotopic (exact) mass is 546 g/mol. The Labute approximate surface area is 220 Å². The average molecular weight is 547 g/mol. The average Bonchev–Trinajstić information content (AvgIpc) is 3.69. The minimum absolute atomic E-state index is 0.137. The third-order valence-corrected chi connectivity index (χ3v) is 6.95. The lowest BCUT2D eigenvalue weighted by molar-refractivity contribution is -0.164. The molecule has 6 rings (SSSR count). The lowest BCUT2D eigenvalue weighted by Crippen LogP contribution is -2.53. The number of hydrogen-bond donors (Lipinski definition) is 4. The van der Waals surface area contributed by atoms with Crippen molar-refractivity contribution in [3.8, 4) is 0 Å². The van der Waals surface area contributed by atoms with E-state index in [1.807, 2.05) is 9.47 Å². The summed E-state index contributed by atoms with van der Waals surface area (Å²) in [5.74, 6) is -1.82. The maximum atomic E-state index is 14.6. The van der Waals surface area contributed by atoms with E-state index in [1.165, 1.54) is 23.2 Å². The predicted octanol–water partition coefficient (Wildman–Crippen LogP) is 1.06. The molecule has 208 valence electrons. The van der Waals surface area contributed by atoms with Crippen LogP contribution in [0.1, 0.15) is 35.7 Å². The number of anilines is 1. The van der Waals surface area contributed by atoms with E-state index in [0.717, 1.165) is 25.9 Å². The molecule has 4 aliphatic rings. The number of carboxylic acids is 1. The van der Waals surface area contributed by atoms with Gasteiger partial charge < -0.3 is 39.6 Å². The molecule has 13 nitrogen and oxygen atoms in total. The lowest BCUT2D eigenvalue weighted by atomic mass is 10.1. The van der Waals surface area contributed by atoms with Crippen LogP contribution in [0, 0.1) is 5.82 Å². The van der Waals surface area contributed by atoms with Crippen LogP contribution in [0.5, 0.6) is 0 Å². The van der Waals surface area contributed by atoms with Crippen LogP contribution >= 0.6 is 0 Å². The molecule has 0 radical (unpaired) electrons. The Bertz CT molecular complexity index is 1410. The molecule has 39 heavy (non-hydrogen) atoms. The number of nitrogens with one attached hydrogen (secondary N) is 1. The van der Waals surface area contributed by atoms with E-state index in [-0.39, 0.29) is 41.7 Å². The summed E-state index contributed by atoms with van der Waals surface area (Å²) in [5.41, 5.74) is 0.159. The van der Waals surface area contributed by atoms with Crippen LogP contribution in [0.4, 0.5) is 14.9 Å². The van der Waals surface area contributed by atoms with Crippen molar-refractivity contribution in [3.05, 3.63) is 51.8 Å². The van der Waals surface area contributed by atoms with Gasteiger partial charge in [0.2, 0.25) is 17.6 Å². The summed E-state index contributed by atoms with van der Waals surface area (Å²) in [5, 5.41) is 29.8. The number of nitrogens with zero attached hydrogens (tertiary/aromatic N) is 3. The molecule has 4 N–H and O–H groups in total. The predicted molar refractivity (Wildman–Crippen MR) is 133 cm³/mol. The molecule has 1 aromatic carbocycles. The van der Waals surface area contributed by atoms with Crippen molar-refractivity contribution in [1.82, 2.24) is 14.8 Å². The molecule has 1 aliphatic carbocycles. The van der Waals surface area contributed by atoms with Gasteiger partial charge in [0, 0.05) is 43.8 Å². The van der Waals surface area contributed by atoms with Gasteiger partial charge in [-0.1, -0.05) is 0 Å². The van der Waals surface area contributed by atoms with Crippen molar-refractivity contribution >= 4 is 34.6 Å². The van der Waals surface area contributed by atoms with Gasteiger partial charge in [-0.15, -0.1) is 0 Å². The summed E-state index contributed by atoms with van der Waals surface area (Å²) in [7, 11) is 0. The van der Waals surface area contributed by atoms with Crippen molar-refractivity contribution in [1.29, 1.82) is 0 Å².